The first-order valence-electron chi connectivity index (χ1n) is 11.4. The predicted molar refractivity (Wildman–Crippen MR) is 125 cm³/mol. The van der Waals surface area contributed by atoms with Gasteiger partial charge in [0, 0.05) is 34.8 Å². The van der Waals surface area contributed by atoms with Gasteiger partial charge in [-0.25, -0.2) is 0 Å². The van der Waals surface area contributed by atoms with Gasteiger partial charge in [-0.2, -0.15) is 0 Å². The topological polar surface area (TPSA) is 87.3 Å². The molecule has 1 aromatic rings. The van der Waals surface area contributed by atoms with Crippen LogP contribution in [0.15, 0.2) is 18.2 Å². The van der Waals surface area contributed by atoms with Crippen LogP contribution in [-0.4, -0.2) is 17.7 Å². The minimum Gasteiger partial charge on any atom is -0.326 e. The Kier molecular flexibility index (Phi) is 11.2. The molecule has 0 unspecified atom stereocenters. The summed E-state index contributed by atoms with van der Waals surface area (Å²) in [7, 11) is 0. The Morgan fingerprint density at radius 3 is 0.900 bits per heavy atom. The Morgan fingerprint density at radius 2 is 0.733 bits per heavy atom. The molecule has 0 spiro atoms. The summed E-state index contributed by atoms with van der Waals surface area (Å²) in [5, 5.41) is 8.83. The first-order valence-corrected chi connectivity index (χ1v) is 11.4. The minimum absolute atomic E-state index is 0.0549. The summed E-state index contributed by atoms with van der Waals surface area (Å²) in [5.74, 6) is -0.386. The number of hydrogen-bond donors (Lipinski definition) is 3. The lowest BCUT2D eigenvalue weighted by molar-refractivity contribution is -0.120. The van der Waals surface area contributed by atoms with E-state index in [-0.39, 0.29) is 35.5 Å². The zero-order valence-corrected chi connectivity index (χ0v) is 19.4. The van der Waals surface area contributed by atoms with Crippen LogP contribution in [-0.2, 0) is 14.4 Å². The zero-order chi connectivity index (χ0) is 22.7. The minimum atomic E-state index is -0.0737. The molecule has 0 aromatic heterocycles. The number of hydrogen-bond acceptors (Lipinski definition) is 3. The SMILES string of the molecule is CCC(CC)C(=O)Nc1cc(NC(=O)C(CC)CC)cc(NC(=O)C(CC)CC)c1. The molecule has 0 saturated heterocycles. The van der Waals surface area contributed by atoms with Gasteiger partial charge in [0.1, 0.15) is 0 Å². The maximum Gasteiger partial charge on any atom is 0.227 e. The van der Waals surface area contributed by atoms with Crippen LogP contribution in [0.2, 0.25) is 0 Å². The molecule has 30 heavy (non-hydrogen) atoms. The van der Waals surface area contributed by atoms with Crippen molar-refractivity contribution in [3.63, 3.8) is 0 Å². The molecule has 3 amide bonds. The van der Waals surface area contributed by atoms with Gasteiger partial charge in [0.2, 0.25) is 17.7 Å². The molecular weight excluding hydrogens is 378 g/mol. The van der Waals surface area contributed by atoms with Crippen LogP contribution in [0.4, 0.5) is 17.1 Å². The molecule has 0 fully saturated rings. The summed E-state index contributed by atoms with van der Waals surface area (Å²) in [4.78, 5) is 37.7. The van der Waals surface area contributed by atoms with E-state index < -0.39 is 0 Å². The van der Waals surface area contributed by atoms with Crippen LogP contribution in [0.5, 0.6) is 0 Å². The van der Waals surface area contributed by atoms with E-state index in [1.807, 2.05) is 41.5 Å². The Balaban J connectivity index is 3.18. The van der Waals surface area contributed by atoms with Crippen molar-refractivity contribution in [2.24, 2.45) is 17.8 Å². The number of carbonyl (C=O) groups excluding carboxylic acids is 3. The second kappa shape index (κ2) is 13.0. The van der Waals surface area contributed by atoms with Crippen LogP contribution in [0.3, 0.4) is 0 Å². The maximum absolute atomic E-state index is 12.6. The number of rotatable bonds is 12. The summed E-state index contributed by atoms with van der Waals surface area (Å²) in [6.07, 6.45) is 4.53. The van der Waals surface area contributed by atoms with Gasteiger partial charge in [0.25, 0.3) is 0 Å². The average molecular weight is 418 g/mol. The van der Waals surface area contributed by atoms with Gasteiger partial charge in [-0.1, -0.05) is 41.5 Å². The predicted octanol–water partition coefficient (Wildman–Crippen LogP) is 5.81. The van der Waals surface area contributed by atoms with Crippen molar-refractivity contribution in [3.05, 3.63) is 18.2 Å². The number of carbonyl (C=O) groups is 3. The third kappa shape index (κ3) is 7.47. The van der Waals surface area contributed by atoms with Crippen molar-refractivity contribution in [2.45, 2.75) is 80.1 Å². The fourth-order valence-corrected chi connectivity index (χ4v) is 3.56. The van der Waals surface area contributed by atoms with Crippen molar-refractivity contribution in [3.8, 4) is 0 Å². The third-order valence-electron chi connectivity index (χ3n) is 5.80. The number of anilines is 3. The molecule has 3 N–H and O–H groups in total. The van der Waals surface area contributed by atoms with E-state index in [1.54, 1.807) is 18.2 Å². The van der Waals surface area contributed by atoms with Gasteiger partial charge in [0.05, 0.1) is 0 Å². The van der Waals surface area contributed by atoms with E-state index in [2.05, 4.69) is 16.0 Å². The number of benzene rings is 1. The molecule has 0 radical (unpaired) electrons. The lowest BCUT2D eigenvalue weighted by Gasteiger charge is -2.18. The van der Waals surface area contributed by atoms with Gasteiger partial charge in [0.15, 0.2) is 0 Å². The molecule has 0 atom stereocenters. The number of nitrogens with one attached hydrogen (secondary N) is 3. The van der Waals surface area contributed by atoms with Crippen molar-refractivity contribution < 1.29 is 14.4 Å². The lowest BCUT2D eigenvalue weighted by Crippen LogP contribution is -2.24. The first-order chi connectivity index (χ1) is 14.3. The van der Waals surface area contributed by atoms with Crippen molar-refractivity contribution in [1.29, 1.82) is 0 Å². The van der Waals surface area contributed by atoms with E-state index in [0.29, 0.717) is 17.1 Å². The first kappa shape index (κ1) is 25.7. The fraction of sp³-hybridized carbons (Fsp3) is 0.625. The summed E-state index contributed by atoms with van der Waals surface area (Å²) in [6.45, 7) is 11.9. The molecule has 6 nitrogen and oxygen atoms in total. The fourth-order valence-electron chi connectivity index (χ4n) is 3.56. The van der Waals surface area contributed by atoms with E-state index in [4.69, 9.17) is 0 Å². The highest BCUT2D eigenvalue weighted by Crippen LogP contribution is 2.26. The quantitative estimate of drug-likeness (QED) is 0.401. The smallest absolute Gasteiger partial charge is 0.227 e. The normalized spacial score (nSPS) is 11.1. The Bertz CT molecular complexity index is 598. The summed E-state index contributed by atoms with van der Waals surface area (Å²) < 4.78 is 0. The molecule has 0 bridgehead atoms. The maximum atomic E-state index is 12.6. The zero-order valence-electron chi connectivity index (χ0n) is 19.4. The van der Waals surface area contributed by atoms with Crippen molar-refractivity contribution >= 4 is 34.8 Å². The van der Waals surface area contributed by atoms with E-state index >= 15 is 0 Å². The van der Waals surface area contributed by atoms with Crippen LogP contribution in [0, 0.1) is 17.8 Å². The standard InChI is InChI=1S/C24H39N3O3/c1-7-16(8-2)22(28)25-19-13-20(26-23(29)17(9-3)10-4)15-21(14-19)27-24(30)18(11-5)12-6/h13-18H,7-12H2,1-6H3,(H,25,28)(H,26,29)(H,27,30). The number of amides is 3. The highest BCUT2D eigenvalue weighted by atomic mass is 16.2. The van der Waals surface area contributed by atoms with Crippen molar-refractivity contribution in [2.75, 3.05) is 16.0 Å². The summed E-state index contributed by atoms with van der Waals surface area (Å²) in [5.41, 5.74) is 1.69. The van der Waals surface area contributed by atoms with Crippen molar-refractivity contribution in [1.82, 2.24) is 0 Å². The Labute approximate surface area is 181 Å². The molecular formula is C24H39N3O3. The molecule has 1 rings (SSSR count). The highest BCUT2D eigenvalue weighted by Gasteiger charge is 2.19. The average Bonchev–Trinajstić information content (AvgIpc) is 2.70. The van der Waals surface area contributed by atoms with E-state index in [0.717, 1.165) is 38.5 Å². The van der Waals surface area contributed by atoms with Crippen LogP contribution in [0.1, 0.15) is 80.1 Å². The second-order valence-corrected chi connectivity index (χ2v) is 7.81. The van der Waals surface area contributed by atoms with E-state index in [9.17, 15) is 14.4 Å². The van der Waals surface area contributed by atoms with Gasteiger partial charge in [-0.05, 0) is 56.7 Å². The molecule has 0 aliphatic heterocycles. The monoisotopic (exact) mass is 417 g/mol. The molecule has 6 heteroatoms. The van der Waals surface area contributed by atoms with Crippen LogP contribution < -0.4 is 16.0 Å². The Morgan fingerprint density at radius 1 is 0.533 bits per heavy atom. The van der Waals surface area contributed by atoms with Gasteiger partial charge in [-0.3, -0.25) is 14.4 Å². The van der Waals surface area contributed by atoms with Crippen LogP contribution >= 0.6 is 0 Å². The Hall–Kier alpha value is -2.37. The molecule has 1 aromatic carbocycles. The van der Waals surface area contributed by atoms with Gasteiger partial charge in [-0.15, -0.1) is 0 Å². The molecule has 0 saturated carbocycles. The summed E-state index contributed by atoms with van der Waals surface area (Å²) >= 11 is 0. The molecule has 0 aliphatic carbocycles. The van der Waals surface area contributed by atoms with Crippen LogP contribution in [0.25, 0.3) is 0 Å². The second-order valence-electron chi connectivity index (χ2n) is 7.81. The molecule has 0 aliphatic rings. The summed E-state index contributed by atoms with van der Waals surface area (Å²) in [6, 6.07) is 5.23. The van der Waals surface area contributed by atoms with Gasteiger partial charge >= 0.3 is 0 Å². The highest BCUT2D eigenvalue weighted by molar-refractivity contribution is 5.99. The van der Waals surface area contributed by atoms with E-state index in [1.165, 1.54) is 0 Å². The lowest BCUT2D eigenvalue weighted by atomic mass is 10.0. The molecule has 168 valence electrons. The van der Waals surface area contributed by atoms with Gasteiger partial charge < -0.3 is 16.0 Å². The largest absolute Gasteiger partial charge is 0.326 e. The molecule has 0 heterocycles. The third-order valence-corrected chi connectivity index (χ3v) is 5.80.